The van der Waals surface area contributed by atoms with Crippen molar-refractivity contribution in [1.82, 2.24) is 0 Å². The minimum absolute atomic E-state index is 0.122. The van der Waals surface area contributed by atoms with Crippen molar-refractivity contribution in [1.29, 1.82) is 0 Å². The first-order chi connectivity index (χ1) is 35.0. The van der Waals surface area contributed by atoms with Crippen LogP contribution in [0.2, 0.25) is 0 Å². The third-order valence-electron chi connectivity index (χ3n) is 11.3. The van der Waals surface area contributed by atoms with Gasteiger partial charge in [0.25, 0.3) is 0 Å². The van der Waals surface area contributed by atoms with Crippen LogP contribution >= 0.6 is 0 Å². The van der Waals surface area contributed by atoms with Gasteiger partial charge >= 0.3 is 17.9 Å². The lowest BCUT2D eigenvalue weighted by molar-refractivity contribution is -0.166. The molecule has 0 aliphatic heterocycles. The Morgan fingerprint density at radius 2 is 0.577 bits per heavy atom. The molecule has 0 aliphatic carbocycles. The molecule has 6 nitrogen and oxygen atoms in total. The first kappa shape index (κ1) is 66.3. The molecule has 71 heavy (non-hydrogen) atoms. The topological polar surface area (TPSA) is 78.9 Å². The molecule has 0 spiro atoms. The van der Waals surface area contributed by atoms with Crippen LogP contribution < -0.4 is 0 Å². The van der Waals surface area contributed by atoms with Gasteiger partial charge in [0.2, 0.25) is 0 Å². The van der Waals surface area contributed by atoms with Crippen LogP contribution in [0.25, 0.3) is 0 Å². The summed E-state index contributed by atoms with van der Waals surface area (Å²) in [4.78, 5) is 38.1. The number of carbonyl (C=O) groups is 3. The highest BCUT2D eigenvalue weighted by Crippen LogP contribution is 2.13. The van der Waals surface area contributed by atoms with E-state index in [1.165, 1.54) is 38.5 Å². The molecule has 0 aromatic rings. The molecule has 1 atom stereocenters. The summed E-state index contributed by atoms with van der Waals surface area (Å²) in [5.41, 5.74) is 0. The van der Waals surface area contributed by atoms with Crippen molar-refractivity contribution in [3.63, 3.8) is 0 Å². The van der Waals surface area contributed by atoms with Crippen molar-refractivity contribution in [2.75, 3.05) is 13.2 Å². The van der Waals surface area contributed by atoms with Crippen LogP contribution in [0, 0.1) is 0 Å². The maximum Gasteiger partial charge on any atom is 0.306 e. The number of carbonyl (C=O) groups excluding carboxylic acids is 3. The van der Waals surface area contributed by atoms with Gasteiger partial charge < -0.3 is 14.2 Å². The summed E-state index contributed by atoms with van der Waals surface area (Å²) in [5, 5.41) is 0. The van der Waals surface area contributed by atoms with Crippen molar-refractivity contribution >= 4 is 17.9 Å². The molecule has 0 aromatic carbocycles. The number of unbranched alkanes of at least 4 members (excludes halogenated alkanes) is 14. The van der Waals surface area contributed by atoms with Gasteiger partial charge in [-0.15, -0.1) is 0 Å². The molecule has 0 N–H and O–H groups in total. The highest BCUT2D eigenvalue weighted by atomic mass is 16.6. The fourth-order valence-corrected chi connectivity index (χ4v) is 7.13. The average Bonchev–Trinajstić information content (AvgIpc) is 3.37. The summed E-state index contributed by atoms with van der Waals surface area (Å²) >= 11 is 0. The van der Waals surface area contributed by atoms with Crippen LogP contribution in [0.1, 0.15) is 226 Å². The van der Waals surface area contributed by atoms with E-state index in [4.69, 9.17) is 14.2 Å². The lowest BCUT2D eigenvalue weighted by atomic mass is 10.1. The normalized spacial score (nSPS) is 13.2. The van der Waals surface area contributed by atoms with Gasteiger partial charge in [-0.3, -0.25) is 14.4 Å². The predicted molar refractivity (Wildman–Crippen MR) is 306 cm³/mol. The van der Waals surface area contributed by atoms with Crippen LogP contribution in [0.3, 0.4) is 0 Å². The molecular weight excluding hydrogens is 877 g/mol. The Morgan fingerprint density at radius 1 is 0.296 bits per heavy atom. The molecule has 0 aliphatic rings. The minimum Gasteiger partial charge on any atom is -0.462 e. The van der Waals surface area contributed by atoms with Gasteiger partial charge in [0.05, 0.1) is 0 Å². The van der Waals surface area contributed by atoms with E-state index >= 15 is 0 Å². The summed E-state index contributed by atoms with van der Waals surface area (Å²) in [6.07, 6.45) is 82.7. The molecule has 398 valence electrons. The zero-order valence-electron chi connectivity index (χ0n) is 45.4. The van der Waals surface area contributed by atoms with E-state index in [1.807, 2.05) is 12.2 Å². The summed E-state index contributed by atoms with van der Waals surface area (Å²) < 4.78 is 16.8. The van der Waals surface area contributed by atoms with Crippen LogP contribution in [-0.4, -0.2) is 37.2 Å². The standard InChI is InChI=1S/C65H102O6/c1-4-7-10-13-16-19-22-25-28-30-32-34-37-40-43-46-49-52-55-58-64(67)70-61-62(60-69-63(66)57-54-51-48-45-42-39-36-27-24-21-18-15-12-9-6-3)71-65(68)59-56-53-50-47-44-41-38-35-33-31-29-26-23-20-17-14-11-8-5-2/h7,9-10,12,16-21,25-29,32-36,40,43,49,52,62H,4-6,8,11,13-15,22-24,30-31,37-39,41-42,44-48,50-51,53-61H2,1-3H3/b10-7-,12-9-,19-16-,20-17-,21-18-,28-25-,29-26-,34-32-,35-33-,36-27-,43-40-,52-49-. The third-order valence-corrected chi connectivity index (χ3v) is 11.3. The SMILES string of the molecule is CC/C=C\C/C=C\C/C=C\C/C=C\C/C=C\C/C=C\CCC(=O)OCC(COC(=O)CCCCCCC/C=C\C/C=C\C/C=C\CC)OC(=O)CCCCCCCC/C=C\C/C=C\C/C=C\CCCCC. The highest BCUT2D eigenvalue weighted by molar-refractivity contribution is 5.71. The molecule has 0 amide bonds. The van der Waals surface area contributed by atoms with Gasteiger partial charge in [-0.25, -0.2) is 0 Å². The maximum atomic E-state index is 12.9. The number of allylic oxidation sites excluding steroid dienone is 24. The average molecular weight is 980 g/mol. The quantitative estimate of drug-likeness (QED) is 0.0262. The Bertz CT molecular complexity index is 1590. The van der Waals surface area contributed by atoms with E-state index in [9.17, 15) is 14.4 Å². The Labute approximate surface area is 436 Å². The second kappa shape index (κ2) is 57.9. The first-order valence-corrected chi connectivity index (χ1v) is 28.3. The molecule has 0 aromatic heterocycles. The maximum absolute atomic E-state index is 12.9. The van der Waals surface area contributed by atoms with Crippen molar-refractivity contribution in [3.8, 4) is 0 Å². The van der Waals surface area contributed by atoms with Gasteiger partial charge in [0.15, 0.2) is 6.10 Å². The molecule has 0 saturated carbocycles. The van der Waals surface area contributed by atoms with E-state index in [-0.39, 0.29) is 44.0 Å². The summed E-state index contributed by atoms with van der Waals surface area (Å²) in [7, 11) is 0. The third kappa shape index (κ3) is 56.1. The fraction of sp³-hybridized carbons (Fsp3) is 0.585. The number of rotatable bonds is 49. The van der Waals surface area contributed by atoms with Crippen LogP contribution in [-0.2, 0) is 28.6 Å². The Morgan fingerprint density at radius 3 is 0.944 bits per heavy atom. The number of ether oxygens (including phenoxy) is 3. The van der Waals surface area contributed by atoms with Crippen LogP contribution in [0.15, 0.2) is 146 Å². The molecule has 0 saturated heterocycles. The summed E-state index contributed by atoms with van der Waals surface area (Å²) in [6.45, 7) is 6.28. The fourth-order valence-electron chi connectivity index (χ4n) is 7.13. The molecule has 0 heterocycles. The molecule has 0 rings (SSSR count). The highest BCUT2D eigenvalue weighted by Gasteiger charge is 2.19. The van der Waals surface area contributed by atoms with Crippen molar-refractivity contribution in [2.24, 2.45) is 0 Å². The van der Waals surface area contributed by atoms with E-state index in [2.05, 4.69) is 154 Å². The molecule has 6 heteroatoms. The number of esters is 3. The van der Waals surface area contributed by atoms with Gasteiger partial charge in [0, 0.05) is 19.3 Å². The molecule has 0 radical (unpaired) electrons. The lowest BCUT2D eigenvalue weighted by Gasteiger charge is -2.18. The van der Waals surface area contributed by atoms with E-state index < -0.39 is 6.10 Å². The second-order valence-corrected chi connectivity index (χ2v) is 18.1. The van der Waals surface area contributed by atoms with Gasteiger partial charge in [-0.1, -0.05) is 224 Å². The Hall–Kier alpha value is -4.71. The Kier molecular flexibility index (Phi) is 54.0. The molecule has 0 bridgehead atoms. The second-order valence-electron chi connectivity index (χ2n) is 18.1. The van der Waals surface area contributed by atoms with Gasteiger partial charge in [0.1, 0.15) is 13.2 Å². The minimum atomic E-state index is -0.830. The number of hydrogen-bond donors (Lipinski definition) is 0. The van der Waals surface area contributed by atoms with E-state index in [1.54, 1.807) is 0 Å². The number of hydrogen-bond acceptors (Lipinski definition) is 6. The molecule has 1 unspecified atom stereocenters. The van der Waals surface area contributed by atoms with E-state index in [0.29, 0.717) is 12.8 Å². The van der Waals surface area contributed by atoms with Crippen molar-refractivity contribution < 1.29 is 28.6 Å². The smallest absolute Gasteiger partial charge is 0.306 e. The zero-order valence-corrected chi connectivity index (χ0v) is 45.4. The Balaban J connectivity index is 4.58. The monoisotopic (exact) mass is 979 g/mol. The van der Waals surface area contributed by atoms with Crippen molar-refractivity contribution in [3.05, 3.63) is 146 Å². The van der Waals surface area contributed by atoms with Crippen LogP contribution in [0.4, 0.5) is 0 Å². The first-order valence-electron chi connectivity index (χ1n) is 28.3. The summed E-state index contributed by atoms with van der Waals surface area (Å²) in [6, 6.07) is 0. The molecular formula is C65H102O6. The van der Waals surface area contributed by atoms with Crippen LogP contribution in [0.5, 0.6) is 0 Å². The largest absolute Gasteiger partial charge is 0.462 e. The van der Waals surface area contributed by atoms with Gasteiger partial charge in [-0.2, -0.15) is 0 Å². The van der Waals surface area contributed by atoms with Crippen molar-refractivity contribution in [2.45, 2.75) is 232 Å². The summed E-state index contributed by atoms with van der Waals surface area (Å²) in [5.74, 6) is -1.04. The predicted octanol–water partition coefficient (Wildman–Crippen LogP) is 19.2. The lowest BCUT2D eigenvalue weighted by Crippen LogP contribution is -2.30. The zero-order chi connectivity index (χ0) is 51.4. The molecule has 0 fully saturated rings. The van der Waals surface area contributed by atoms with Gasteiger partial charge in [-0.05, 0) is 128 Å². The van der Waals surface area contributed by atoms with E-state index in [0.717, 1.165) is 141 Å².